The van der Waals surface area contributed by atoms with Gasteiger partial charge in [0.1, 0.15) is 5.69 Å². The lowest BCUT2D eigenvalue weighted by Gasteiger charge is -2.03. The number of hydrogen-bond donors (Lipinski definition) is 1. The Balaban J connectivity index is 2.34. The predicted octanol–water partition coefficient (Wildman–Crippen LogP) is 4.02. The third kappa shape index (κ3) is 2.59. The van der Waals surface area contributed by atoms with Crippen molar-refractivity contribution in [3.05, 3.63) is 64.1 Å². The molecule has 0 saturated heterocycles. The number of hydrazine groups is 1. The second kappa shape index (κ2) is 5.14. The van der Waals surface area contributed by atoms with Crippen molar-refractivity contribution in [2.45, 2.75) is 13.8 Å². The monoisotopic (exact) mass is 263 g/mol. The van der Waals surface area contributed by atoms with Gasteiger partial charge in [0.15, 0.2) is 10.7 Å². The largest absolute Gasteiger partial charge is 0.330 e. The second-order valence-electron chi connectivity index (χ2n) is 4.25. The summed E-state index contributed by atoms with van der Waals surface area (Å²) in [6.07, 6.45) is 0. The van der Waals surface area contributed by atoms with Gasteiger partial charge in [-0.1, -0.05) is 24.3 Å². The summed E-state index contributed by atoms with van der Waals surface area (Å²) >= 11 is 0. The zero-order valence-electron chi connectivity index (χ0n) is 10.6. The Morgan fingerprint density at radius 3 is 2.32 bits per heavy atom. The van der Waals surface area contributed by atoms with Crippen LogP contribution in [0.2, 0.25) is 0 Å². The minimum Gasteiger partial charge on any atom is -0.204 e. The third-order valence-corrected chi connectivity index (χ3v) is 2.81. The first kappa shape index (κ1) is 13.1. The van der Waals surface area contributed by atoms with Crippen molar-refractivity contribution < 1.29 is 13.6 Å². The zero-order chi connectivity index (χ0) is 14.0. The van der Waals surface area contributed by atoms with Crippen molar-refractivity contribution in [2.75, 3.05) is 5.43 Å². The van der Waals surface area contributed by atoms with Gasteiger partial charge in [0.05, 0.1) is 4.91 Å². The molecule has 0 atom stereocenters. The van der Waals surface area contributed by atoms with E-state index in [1.165, 1.54) is 18.2 Å². The fourth-order valence-electron chi connectivity index (χ4n) is 1.78. The summed E-state index contributed by atoms with van der Waals surface area (Å²) in [5, 5.41) is 0. The maximum absolute atomic E-state index is 13.8. The Morgan fingerprint density at radius 2 is 1.63 bits per heavy atom. The number of hydrogen-bond acceptors (Lipinski definition) is 1. The third-order valence-electron chi connectivity index (χ3n) is 2.81. The van der Waals surface area contributed by atoms with E-state index in [0.29, 0.717) is 11.1 Å². The zero-order valence-corrected chi connectivity index (χ0v) is 10.6. The molecule has 0 aromatic heterocycles. The van der Waals surface area contributed by atoms with Crippen LogP contribution in [-0.4, -0.2) is 4.87 Å². The molecule has 0 saturated carbocycles. The van der Waals surface area contributed by atoms with Crippen molar-refractivity contribution in [3.8, 4) is 0 Å². The van der Waals surface area contributed by atoms with E-state index in [1.54, 1.807) is 32.0 Å². The summed E-state index contributed by atoms with van der Waals surface area (Å²) in [6.45, 7) is 3.20. The summed E-state index contributed by atoms with van der Waals surface area (Å²) in [7, 11) is 0. The smallest absolute Gasteiger partial charge is 0.204 e. The molecule has 0 aliphatic heterocycles. The maximum Gasteiger partial charge on any atom is 0.330 e. The molecule has 0 heterocycles. The number of benzene rings is 2. The van der Waals surface area contributed by atoms with Gasteiger partial charge < -0.3 is 0 Å². The maximum atomic E-state index is 13.8. The molecule has 5 heteroatoms. The Bertz CT molecular complexity index is 621. The molecule has 0 spiro atoms. The van der Waals surface area contributed by atoms with Gasteiger partial charge in [-0.2, -0.15) is 4.39 Å². The summed E-state index contributed by atoms with van der Waals surface area (Å²) in [6, 6.07) is 8.92. The van der Waals surface area contributed by atoms with Crippen LogP contribution < -0.4 is 5.43 Å². The van der Waals surface area contributed by atoms with Crippen LogP contribution in [0.4, 0.5) is 20.2 Å². The SMILES string of the molecule is Cc1cccc(N[N+](=O)c2c(C)cccc2F)c1F. The van der Waals surface area contributed by atoms with Gasteiger partial charge in [-0.25, -0.2) is 4.39 Å². The highest BCUT2D eigenvalue weighted by Gasteiger charge is 2.24. The summed E-state index contributed by atoms with van der Waals surface area (Å²) in [4.78, 5) is 12.2. The fraction of sp³-hybridized carbons (Fsp3) is 0.143. The van der Waals surface area contributed by atoms with E-state index in [2.05, 4.69) is 5.43 Å². The first-order valence-electron chi connectivity index (χ1n) is 5.75. The van der Waals surface area contributed by atoms with Crippen molar-refractivity contribution in [3.63, 3.8) is 0 Å². The van der Waals surface area contributed by atoms with Crippen molar-refractivity contribution in [2.24, 2.45) is 0 Å². The molecule has 2 aromatic carbocycles. The average molecular weight is 263 g/mol. The first-order chi connectivity index (χ1) is 9.00. The first-order valence-corrected chi connectivity index (χ1v) is 5.75. The quantitative estimate of drug-likeness (QED) is 0.670. The van der Waals surface area contributed by atoms with Gasteiger partial charge in [0.2, 0.25) is 5.82 Å². The standard InChI is InChI=1S/C14H13F2N2O/c1-9-5-4-8-12(13(9)16)17-18(19)14-10(2)6-3-7-11(14)15/h3-8H,1-2H3,(H,17,19)/q+1. The fourth-order valence-corrected chi connectivity index (χ4v) is 1.78. The van der Waals surface area contributed by atoms with Gasteiger partial charge in [0.25, 0.3) is 0 Å². The molecule has 98 valence electrons. The lowest BCUT2D eigenvalue weighted by molar-refractivity contribution is -0.431. The van der Waals surface area contributed by atoms with Crippen LogP contribution in [0, 0.1) is 30.4 Å². The van der Waals surface area contributed by atoms with Crippen LogP contribution in [-0.2, 0) is 0 Å². The number of aryl methyl sites for hydroxylation is 2. The number of nitrogens with one attached hydrogen (secondary N) is 1. The highest BCUT2D eigenvalue weighted by Crippen LogP contribution is 2.24. The molecule has 0 fully saturated rings. The van der Waals surface area contributed by atoms with E-state index in [-0.39, 0.29) is 16.2 Å². The average Bonchev–Trinajstić information content (AvgIpc) is 2.35. The molecule has 0 aliphatic carbocycles. The lowest BCUT2D eigenvalue weighted by Crippen LogP contribution is -2.14. The van der Waals surface area contributed by atoms with Gasteiger partial charge in [-0.3, -0.25) is 0 Å². The molecule has 0 unspecified atom stereocenters. The molecule has 2 rings (SSSR count). The highest BCUT2D eigenvalue weighted by atomic mass is 19.1. The molecule has 2 aromatic rings. The summed E-state index contributed by atoms with van der Waals surface area (Å²) < 4.78 is 27.4. The number of halogens is 2. The molecule has 0 amide bonds. The van der Waals surface area contributed by atoms with E-state index >= 15 is 0 Å². The number of rotatable bonds is 3. The van der Waals surface area contributed by atoms with Crippen LogP contribution in [0.15, 0.2) is 36.4 Å². The number of nitroso groups, excluding NO2 is 1. The summed E-state index contributed by atoms with van der Waals surface area (Å²) in [5.41, 5.74) is 3.05. The highest BCUT2D eigenvalue weighted by molar-refractivity contribution is 5.47. The molecular weight excluding hydrogens is 250 g/mol. The van der Waals surface area contributed by atoms with Crippen LogP contribution in [0.25, 0.3) is 0 Å². The molecule has 3 nitrogen and oxygen atoms in total. The normalized spacial score (nSPS) is 10.3. The Hall–Kier alpha value is -2.30. The number of para-hydroxylation sites is 1. The molecule has 0 aliphatic rings. The number of anilines is 1. The van der Waals surface area contributed by atoms with E-state index in [9.17, 15) is 13.7 Å². The second-order valence-corrected chi connectivity index (χ2v) is 4.25. The van der Waals surface area contributed by atoms with Gasteiger partial charge in [-0.15, -0.1) is 5.43 Å². The van der Waals surface area contributed by atoms with E-state index in [1.807, 2.05) is 0 Å². The van der Waals surface area contributed by atoms with Gasteiger partial charge in [-0.05, 0) is 31.5 Å². The minimum absolute atomic E-state index is 0.0117. The molecule has 19 heavy (non-hydrogen) atoms. The lowest BCUT2D eigenvalue weighted by atomic mass is 10.2. The van der Waals surface area contributed by atoms with Crippen molar-refractivity contribution in [1.29, 1.82) is 0 Å². The van der Waals surface area contributed by atoms with Crippen molar-refractivity contribution >= 4 is 11.4 Å². The van der Waals surface area contributed by atoms with Crippen LogP contribution >= 0.6 is 0 Å². The predicted molar refractivity (Wildman–Crippen MR) is 69.2 cm³/mol. The van der Waals surface area contributed by atoms with Crippen LogP contribution in [0.5, 0.6) is 0 Å². The number of nitrogens with zero attached hydrogens (tertiary/aromatic N) is 1. The molecule has 1 N–H and O–H groups in total. The van der Waals surface area contributed by atoms with E-state index in [0.717, 1.165) is 0 Å². The van der Waals surface area contributed by atoms with Crippen molar-refractivity contribution in [1.82, 2.24) is 0 Å². The Kier molecular flexibility index (Phi) is 3.55. The van der Waals surface area contributed by atoms with Crippen LogP contribution in [0.3, 0.4) is 0 Å². The van der Waals surface area contributed by atoms with Crippen LogP contribution in [0.1, 0.15) is 11.1 Å². The topological polar surface area (TPSA) is 32.1 Å². The Morgan fingerprint density at radius 1 is 1.00 bits per heavy atom. The van der Waals surface area contributed by atoms with E-state index < -0.39 is 11.6 Å². The molecule has 0 bridgehead atoms. The molecule has 0 radical (unpaired) electrons. The van der Waals surface area contributed by atoms with Gasteiger partial charge >= 0.3 is 5.69 Å². The van der Waals surface area contributed by atoms with E-state index in [4.69, 9.17) is 0 Å². The minimum atomic E-state index is -0.657. The molecular formula is C14H13F2N2O+. The Labute approximate surface area is 109 Å². The van der Waals surface area contributed by atoms with Gasteiger partial charge in [0, 0.05) is 5.56 Å². The summed E-state index contributed by atoms with van der Waals surface area (Å²) in [5.74, 6) is -1.19.